The van der Waals surface area contributed by atoms with Crippen LogP contribution in [0.4, 0.5) is 5.69 Å². The number of hydrogen-bond donors (Lipinski definition) is 3. The fourth-order valence-electron chi connectivity index (χ4n) is 3.59. The Hall–Kier alpha value is -0.0200. The van der Waals surface area contributed by atoms with Gasteiger partial charge < -0.3 is 16.0 Å². The zero-order valence-electron chi connectivity index (χ0n) is 20.1. The van der Waals surface area contributed by atoms with Crippen molar-refractivity contribution in [2.75, 3.05) is 5.32 Å². The average molecular weight is 663 g/mol. The molecule has 0 aliphatic rings. The van der Waals surface area contributed by atoms with Gasteiger partial charge in [-0.15, -0.1) is 0 Å². The third-order valence-corrected chi connectivity index (χ3v) is 7.35. The second-order valence-electron chi connectivity index (χ2n) is 8.61. The summed E-state index contributed by atoms with van der Waals surface area (Å²) in [7, 11) is 0. The third-order valence-electron chi connectivity index (χ3n) is 5.54. The summed E-state index contributed by atoms with van der Waals surface area (Å²) in [4.78, 5) is 12.4. The van der Waals surface area contributed by atoms with Crippen molar-refractivity contribution in [3.63, 3.8) is 0 Å². The number of unbranched alkanes of at least 4 members (excludes halogenated alkanes) is 12. The normalized spacial score (nSPS) is 12.3. The van der Waals surface area contributed by atoms with Crippen LogP contribution in [0.25, 0.3) is 0 Å². The molecule has 194 valence electrons. The molecule has 1 amide bonds. The number of benzene rings is 1. The largest absolute Gasteiger partial charge is 0.339 e. The van der Waals surface area contributed by atoms with E-state index in [2.05, 4.69) is 45.5 Å². The highest BCUT2D eigenvalue weighted by Crippen LogP contribution is 2.29. The van der Waals surface area contributed by atoms with Crippen LogP contribution in [0.3, 0.4) is 0 Å². The van der Waals surface area contributed by atoms with E-state index in [4.69, 9.17) is 47.0 Å². The minimum atomic E-state index is -1.75. The lowest BCUT2D eigenvalue weighted by atomic mass is 10.0. The van der Waals surface area contributed by atoms with Crippen LogP contribution in [-0.2, 0) is 4.79 Å². The highest BCUT2D eigenvalue weighted by molar-refractivity contribution is 14.1. The smallest absolute Gasteiger partial charge is 0.228 e. The van der Waals surface area contributed by atoms with Crippen molar-refractivity contribution in [1.82, 2.24) is 10.6 Å². The van der Waals surface area contributed by atoms with E-state index in [0.29, 0.717) is 6.42 Å². The van der Waals surface area contributed by atoms with E-state index in [1.165, 1.54) is 64.2 Å². The first-order chi connectivity index (χ1) is 16.2. The van der Waals surface area contributed by atoms with E-state index >= 15 is 0 Å². The molecule has 34 heavy (non-hydrogen) atoms. The molecule has 0 saturated carbocycles. The van der Waals surface area contributed by atoms with Crippen molar-refractivity contribution in [3.8, 4) is 0 Å². The van der Waals surface area contributed by atoms with Gasteiger partial charge in [-0.1, -0.05) is 131 Å². The lowest BCUT2D eigenvalue weighted by Gasteiger charge is -2.28. The van der Waals surface area contributed by atoms with Crippen molar-refractivity contribution >= 4 is 86.3 Å². The fourth-order valence-corrected chi connectivity index (χ4v) is 4.67. The number of anilines is 1. The molecule has 0 heterocycles. The standard InChI is InChI=1S/C25H39Cl3IN3OS/c1-2-3-4-5-6-7-8-9-10-11-12-13-14-19-22(33)31-23(25(26,27)28)32-24(34)30-21-18-16-15-17-20(21)29/h15-18,23H,2-14,19H2,1H3,(H,31,33)(H2,30,32,34)/t23-/m1/s1. The minimum Gasteiger partial charge on any atom is -0.339 e. The number of carbonyl (C=O) groups is 1. The fraction of sp³-hybridized carbons (Fsp3) is 0.680. The molecule has 1 aromatic carbocycles. The highest BCUT2D eigenvalue weighted by atomic mass is 127. The van der Waals surface area contributed by atoms with Crippen molar-refractivity contribution in [2.24, 2.45) is 0 Å². The van der Waals surface area contributed by atoms with Crippen LogP contribution < -0.4 is 16.0 Å². The Morgan fingerprint density at radius 1 is 0.882 bits per heavy atom. The van der Waals surface area contributed by atoms with Gasteiger partial charge in [0.25, 0.3) is 0 Å². The molecular weight excluding hydrogens is 624 g/mol. The van der Waals surface area contributed by atoms with Gasteiger partial charge in [0.2, 0.25) is 9.70 Å². The zero-order chi connectivity index (χ0) is 25.2. The van der Waals surface area contributed by atoms with E-state index in [9.17, 15) is 4.79 Å². The highest BCUT2D eigenvalue weighted by Gasteiger charge is 2.34. The van der Waals surface area contributed by atoms with Crippen molar-refractivity contribution in [2.45, 2.75) is 107 Å². The molecule has 0 unspecified atom stereocenters. The zero-order valence-corrected chi connectivity index (χ0v) is 25.4. The monoisotopic (exact) mass is 661 g/mol. The van der Waals surface area contributed by atoms with Crippen LogP contribution >= 0.6 is 69.6 Å². The summed E-state index contributed by atoms with van der Waals surface area (Å²) in [5.41, 5.74) is 0.835. The number of alkyl halides is 3. The summed E-state index contributed by atoms with van der Waals surface area (Å²) in [6.45, 7) is 2.26. The third kappa shape index (κ3) is 15.9. The summed E-state index contributed by atoms with van der Waals surface area (Å²) < 4.78 is -0.748. The van der Waals surface area contributed by atoms with Gasteiger partial charge in [0.1, 0.15) is 6.17 Å². The van der Waals surface area contributed by atoms with E-state index in [1.54, 1.807) is 0 Å². The lowest BCUT2D eigenvalue weighted by Crippen LogP contribution is -2.56. The number of hydrogen-bond acceptors (Lipinski definition) is 2. The van der Waals surface area contributed by atoms with E-state index in [-0.39, 0.29) is 11.0 Å². The molecule has 0 spiro atoms. The molecular formula is C25H39Cl3IN3OS. The number of carbonyl (C=O) groups excluding carboxylic acids is 1. The molecule has 0 fully saturated rings. The van der Waals surface area contributed by atoms with E-state index < -0.39 is 9.96 Å². The Morgan fingerprint density at radius 2 is 1.38 bits per heavy atom. The van der Waals surface area contributed by atoms with Crippen molar-refractivity contribution < 1.29 is 4.79 Å². The molecule has 4 nitrogen and oxygen atoms in total. The topological polar surface area (TPSA) is 53.2 Å². The maximum Gasteiger partial charge on any atom is 0.228 e. The predicted molar refractivity (Wildman–Crippen MR) is 161 cm³/mol. The van der Waals surface area contributed by atoms with Gasteiger partial charge in [-0.2, -0.15) is 0 Å². The van der Waals surface area contributed by atoms with Crippen molar-refractivity contribution in [3.05, 3.63) is 27.8 Å². The molecule has 0 aliphatic heterocycles. The van der Waals surface area contributed by atoms with Gasteiger partial charge in [0, 0.05) is 9.99 Å². The lowest BCUT2D eigenvalue weighted by molar-refractivity contribution is -0.122. The Morgan fingerprint density at radius 3 is 1.88 bits per heavy atom. The summed E-state index contributed by atoms with van der Waals surface area (Å²) in [5, 5.41) is 8.99. The molecule has 1 atom stereocenters. The maximum absolute atomic E-state index is 12.4. The molecule has 0 radical (unpaired) electrons. The predicted octanol–water partition coefficient (Wildman–Crippen LogP) is 8.87. The minimum absolute atomic E-state index is 0.163. The van der Waals surface area contributed by atoms with Gasteiger partial charge in [-0.25, -0.2) is 0 Å². The molecule has 0 aliphatic carbocycles. The Bertz CT molecular complexity index is 719. The number of thiocarbonyl (C=S) groups is 1. The molecule has 1 aromatic rings. The molecule has 3 N–H and O–H groups in total. The first-order valence-corrected chi connectivity index (χ1v) is 15.0. The first kappa shape index (κ1) is 32.0. The van der Waals surface area contributed by atoms with Gasteiger partial charge >= 0.3 is 0 Å². The summed E-state index contributed by atoms with van der Waals surface area (Å²) >= 11 is 25.8. The van der Waals surface area contributed by atoms with Gasteiger partial charge in [0.15, 0.2) is 5.11 Å². The second kappa shape index (κ2) is 19.1. The van der Waals surface area contributed by atoms with Gasteiger partial charge in [-0.05, 0) is 53.4 Å². The van der Waals surface area contributed by atoms with Gasteiger partial charge in [-0.3, -0.25) is 4.79 Å². The Kier molecular flexibility index (Phi) is 18.0. The van der Waals surface area contributed by atoms with Crippen molar-refractivity contribution in [1.29, 1.82) is 0 Å². The Labute approximate surface area is 240 Å². The van der Waals surface area contributed by atoms with Crippen LogP contribution in [0.15, 0.2) is 24.3 Å². The van der Waals surface area contributed by atoms with Crippen LogP contribution in [0.2, 0.25) is 0 Å². The number of nitrogens with one attached hydrogen (secondary N) is 3. The SMILES string of the molecule is CCCCCCCCCCCCCCCC(=O)N[C@H](NC(=S)Nc1ccccc1I)C(Cl)(Cl)Cl. The molecule has 0 aromatic heterocycles. The quantitative estimate of drug-likeness (QED) is 0.0513. The average Bonchev–Trinajstić information content (AvgIpc) is 2.77. The van der Waals surface area contributed by atoms with Gasteiger partial charge in [0.05, 0.1) is 5.69 Å². The molecule has 1 rings (SSSR count). The van der Waals surface area contributed by atoms with Crippen LogP contribution in [-0.4, -0.2) is 21.0 Å². The number of para-hydroxylation sites is 1. The summed E-state index contributed by atoms with van der Waals surface area (Å²) in [6.07, 6.45) is 15.9. The van der Waals surface area contributed by atoms with E-state index in [0.717, 1.165) is 28.5 Å². The second-order valence-corrected chi connectivity index (χ2v) is 12.6. The summed E-state index contributed by atoms with van der Waals surface area (Å²) in [6, 6.07) is 7.68. The molecule has 0 bridgehead atoms. The number of halogens is 4. The summed E-state index contributed by atoms with van der Waals surface area (Å²) in [5.74, 6) is -0.163. The van der Waals surface area contributed by atoms with Crippen LogP contribution in [0.1, 0.15) is 96.8 Å². The van der Waals surface area contributed by atoms with Crippen LogP contribution in [0, 0.1) is 3.57 Å². The Balaban J connectivity index is 2.19. The maximum atomic E-state index is 12.4. The molecule has 0 saturated heterocycles. The molecule has 9 heteroatoms. The van der Waals surface area contributed by atoms with Crippen LogP contribution in [0.5, 0.6) is 0 Å². The first-order valence-electron chi connectivity index (χ1n) is 12.4. The van der Waals surface area contributed by atoms with E-state index in [1.807, 2.05) is 24.3 Å². The number of rotatable bonds is 17. The number of amides is 1.